The molecule has 0 bridgehead atoms. The molecular formula is C16H18FNO3. The largest absolute Gasteiger partial charge is 0.388 e. The van der Waals surface area contributed by atoms with E-state index in [1.54, 1.807) is 11.8 Å². The number of aliphatic hydroxyl groups is 2. The van der Waals surface area contributed by atoms with E-state index in [9.17, 15) is 14.3 Å². The molecule has 0 spiro atoms. The van der Waals surface area contributed by atoms with Crippen molar-refractivity contribution in [2.45, 2.75) is 25.4 Å². The summed E-state index contributed by atoms with van der Waals surface area (Å²) in [6.07, 6.45) is 1.37. The molecule has 1 saturated heterocycles. The second-order valence-corrected chi connectivity index (χ2v) is 5.48. The SMILES string of the molecule is CC1(O)CCCN(C(=O)c2ccc(F)cc2C#CCO)C1. The van der Waals surface area contributed by atoms with Crippen LogP contribution in [0, 0.1) is 17.7 Å². The van der Waals surface area contributed by atoms with E-state index in [4.69, 9.17) is 5.11 Å². The minimum Gasteiger partial charge on any atom is -0.388 e. The molecule has 4 nitrogen and oxygen atoms in total. The fourth-order valence-corrected chi connectivity index (χ4v) is 2.50. The van der Waals surface area contributed by atoms with Crippen molar-refractivity contribution in [2.24, 2.45) is 0 Å². The molecule has 0 saturated carbocycles. The van der Waals surface area contributed by atoms with Gasteiger partial charge in [0, 0.05) is 18.7 Å². The highest BCUT2D eigenvalue weighted by Crippen LogP contribution is 2.23. The first-order valence-corrected chi connectivity index (χ1v) is 6.84. The van der Waals surface area contributed by atoms with E-state index in [2.05, 4.69) is 11.8 Å². The van der Waals surface area contributed by atoms with E-state index in [0.717, 1.165) is 6.42 Å². The number of aliphatic hydroxyl groups excluding tert-OH is 1. The summed E-state index contributed by atoms with van der Waals surface area (Å²) in [6.45, 7) is 2.14. The van der Waals surface area contributed by atoms with Gasteiger partial charge in [0.15, 0.2) is 0 Å². The minimum absolute atomic E-state index is 0.246. The number of hydrogen-bond acceptors (Lipinski definition) is 3. The molecule has 1 aromatic rings. The Bertz CT molecular complexity index is 601. The maximum absolute atomic E-state index is 13.3. The highest BCUT2D eigenvalue weighted by atomic mass is 19.1. The minimum atomic E-state index is -0.898. The molecule has 112 valence electrons. The normalized spacial score (nSPS) is 21.6. The number of halogens is 1. The molecule has 1 heterocycles. The third kappa shape index (κ3) is 3.81. The molecule has 2 rings (SSSR count). The summed E-state index contributed by atoms with van der Waals surface area (Å²) >= 11 is 0. The van der Waals surface area contributed by atoms with Crippen molar-refractivity contribution in [3.63, 3.8) is 0 Å². The fraction of sp³-hybridized carbons (Fsp3) is 0.438. The Hall–Kier alpha value is -1.90. The molecule has 1 aliphatic rings. The van der Waals surface area contributed by atoms with Crippen LogP contribution in [0.2, 0.25) is 0 Å². The zero-order valence-corrected chi connectivity index (χ0v) is 11.9. The van der Waals surface area contributed by atoms with Gasteiger partial charge in [0.05, 0.1) is 11.2 Å². The monoisotopic (exact) mass is 291 g/mol. The number of carbonyl (C=O) groups excluding carboxylic acids is 1. The highest BCUT2D eigenvalue weighted by Gasteiger charge is 2.31. The molecule has 1 aromatic carbocycles. The van der Waals surface area contributed by atoms with Crippen LogP contribution in [0.15, 0.2) is 18.2 Å². The van der Waals surface area contributed by atoms with Gasteiger partial charge < -0.3 is 15.1 Å². The second kappa shape index (κ2) is 6.25. The topological polar surface area (TPSA) is 60.8 Å². The first-order valence-electron chi connectivity index (χ1n) is 6.84. The molecule has 1 unspecified atom stereocenters. The van der Waals surface area contributed by atoms with Gasteiger partial charge in [-0.25, -0.2) is 4.39 Å². The standard InChI is InChI=1S/C16H18FNO3/c1-16(21)7-3-8-18(11-16)15(20)14-6-5-13(17)10-12(14)4-2-9-19/h5-6,10,19,21H,3,7-9,11H2,1H3. The summed E-state index contributed by atoms with van der Waals surface area (Å²) in [5.74, 6) is 4.25. The van der Waals surface area contributed by atoms with Crippen molar-refractivity contribution < 1.29 is 19.4 Å². The van der Waals surface area contributed by atoms with E-state index in [-0.39, 0.29) is 30.2 Å². The number of hydrogen-bond donors (Lipinski definition) is 2. The zero-order valence-electron chi connectivity index (χ0n) is 11.9. The lowest BCUT2D eigenvalue weighted by Gasteiger charge is -2.37. The van der Waals surface area contributed by atoms with E-state index in [1.165, 1.54) is 18.2 Å². The Balaban J connectivity index is 2.30. The van der Waals surface area contributed by atoms with Gasteiger partial charge in [-0.2, -0.15) is 0 Å². The predicted octanol–water partition coefficient (Wildman–Crippen LogP) is 1.16. The number of benzene rings is 1. The summed E-state index contributed by atoms with van der Waals surface area (Å²) in [5.41, 5.74) is -0.362. The molecular weight excluding hydrogens is 273 g/mol. The van der Waals surface area contributed by atoms with Crippen LogP contribution in [0.1, 0.15) is 35.7 Å². The number of likely N-dealkylation sites (tertiary alicyclic amines) is 1. The number of amides is 1. The number of rotatable bonds is 1. The fourth-order valence-electron chi connectivity index (χ4n) is 2.50. The Labute approximate surface area is 123 Å². The molecule has 21 heavy (non-hydrogen) atoms. The molecule has 0 radical (unpaired) electrons. The van der Waals surface area contributed by atoms with Crippen molar-refractivity contribution in [3.05, 3.63) is 35.1 Å². The highest BCUT2D eigenvalue weighted by molar-refractivity contribution is 5.96. The smallest absolute Gasteiger partial charge is 0.255 e. The van der Waals surface area contributed by atoms with Crippen LogP contribution in [0.25, 0.3) is 0 Å². The van der Waals surface area contributed by atoms with Gasteiger partial charge in [-0.1, -0.05) is 11.8 Å². The third-order valence-electron chi connectivity index (χ3n) is 3.48. The predicted molar refractivity (Wildman–Crippen MR) is 76.1 cm³/mol. The summed E-state index contributed by atoms with van der Waals surface area (Å²) < 4.78 is 13.3. The molecule has 1 fully saturated rings. The van der Waals surface area contributed by atoms with E-state index in [0.29, 0.717) is 13.0 Å². The summed E-state index contributed by atoms with van der Waals surface area (Å²) in [6, 6.07) is 3.78. The van der Waals surface area contributed by atoms with E-state index in [1.807, 2.05) is 0 Å². The number of carbonyl (C=O) groups is 1. The van der Waals surface area contributed by atoms with Crippen molar-refractivity contribution in [1.82, 2.24) is 4.90 Å². The summed E-state index contributed by atoms with van der Waals surface area (Å²) in [4.78, 5) is 14.1. The summed E-state index contributed by atoms with van der Waals surface area (Å²) in [7, 11) is 0. The van der Waals surface area contributed by atoms with Gasteiger partial charge in [-0.3, -0.25) is 4.79 Å². The molecule has 1 aliphatic heterocycles. The lowest BCUT2D eigenvalue weighted by molar-refractivity contribution is -0.0107. The van der Waals surface area contributed by atoms with Crippen LogP contribution < -0.4 is 0 Å². The maximum atomic E-state index is 13.3. The van der Waals surface area contributed by atoms with Crippen molar-refractivity contribution in [2.75, 3.05) is 19.7 Å². The van der Waals surface area contributed by atoms with E-state index >= 15 is 0 Å². The first-order chi connectivity index (χ1) is 9.93. The van der Waals surface area contributed by atoms with Crippen molar-refractivity contribution in [3.8, 4) is 11.8 Å². The van der Waals surface area contributed by atoms with Crippen LogP contribution in [0.4, 0.5) is 4.39 Å². The maximum Gasteiger partial charge on any atom is 0.255 e. The Morgan fingerprint density at radius 2 is 2.29 bits per heavy atom. The Morgan fingerprint density at radius 3 is 2.95 bits per heavy atom. The van der Waals surface area contributed by atoms with Crippen LogP contribution in [0.5, 0.6) is 0 Å². The van der Waals surface area contributed by atoms with Gasteiger partial charge in [0.1, 0.15) is 12.4 Å². The first kappa shape index (κ1) is 15.5. The molecule has 5 heteroatoms. The van der Waals surface area contributed by atoms with Gasteiger partial charge in [0.25, 0.3) is 5.91 Å². The molecule has 1 amide bonds. The average molecular weight is 291 g/mol. The number of β-amino-alcohol motifs (C(OH)–C–C–N with tert-alkyl or cyclic N) is 1. The molecule has 1 atom stereocenters. The third-order valence-corrected chi connectivity index (χ3v) is 3.48. The van der Waals surface area contributed by atoms with Crippen LogP contribution >= 0.6 is 0 Å². The lowest BCUT2D eigenvalue weighted by atomic mass is 9.94. The summed E-state index contributed by atoms with van der Waals surface area (Å²) in [5, 5.41) is 18.8. The zero-order chi connectivity index (χ0) is 15.5. The lowest BCUT2D eigenvalue weighted by Crippen LogP contribution is -2.48. The van der Waals surface area contributed by atoms with Gasteiger partial charge in [-0.05, 0) is 38.0 Å². The Kier molecular flexibility index (Phi) is 4.61. The number of nitrogens with zero attached hydrogens (tertiary/aromatic N) is 1. The van der Waals surface area contributed by atoms with Gasteiger partial charge in [-0.15, -0.1) is 0 Å². The Morgan fingerprint density at radius 1 is 1.52 bits per heavy atom. The second-order valence-electron chi connectivity index (χ2n) is 5.48. The van der Waals surface area contributed by atoms with Crippen molar-refractivity contribution >= 4 is 5.91 Å². The van der Waals surface area contributed by atoms with Crippen LogP contribution in [-0.2, 0) is 0 Å². The van der Waals surface area contributed by atoms with Crippen LogP contribution in [-0.4, -0.2) is 46.3 Å². The van der Waals surface area contributed by atoms with Gasteiger partial charge in [0.2, 0.25) is 0 Å². The van der Waals surface area contributed by atoms with Crippen LogP contribution in [0.3, 0.4) is 0 Å². The van der Waals surface area contributed by atoms with Gasteiger partial charge >= 0.3 is 0 Å². The molecule has 0 aliphatic carbocycles. The quantitative estimate of drug-likeness (QED) is 0.763. The molecule has 2 N–H and O–H groups in total. The average Bonchev–Trinajstić information content (AvgIpc) is 2.43. The number of piperidine rings is 1. The van der Waals surface area contributed by atoms with Crippen molar-refractivity contribution in [1.29, 1.82) is 0 Å². The molecule has 0 aromatic heterocycles. The van der Waals surface area contributed by atoms with E-state index < -0.39 is 11.4 Å².